The van der Waals surface area contributed by atoms with Gasteiger partial charge in [-0.3, -0.25) is 4.79 Å². The van der Waals surface area contributed by atoms with Crippen LogP contribution in [0.2, 0.25) is 0 Å². The molecular formula is C25H30BrN3O3. The first-order valence-corrected chi connectivity index (χ1v) is 11.9. The van der Waals surface area contributed by atoms with Crippen LogP contribution in [0.5, 0.6) is 5.75 Å². The highest BCUT2D eigenvalue weighted by molar-refractivity contribution is 9.10. The van der Waals surface area contributed by atoms with E-state index in [-0.39, 0.29) is 11.9 Å². The minimum Gasteiger partial charge on any atom is -0.494 e. The van der Waals surface area contributed by atoms with E-state index in [1.165, 1.54) is 5.56 Å². The fourth-order valence-corrected chi connectivity index (χ4v) is 5.06. The number of hydrogen-bond donors (Lipinski definition) is 1. The molecule has 1 atom stereocenters. The zero-order valence-electron chi connectivity index (χ0n) is 19.1. The van der Waals surface area contributed by atoms with Crippen LogP contribution in [0.4, 0.5) is 0 Å². The van der Waals surface area contributed by atoms with Gasteiger partial charge in [-0.2, -0.15) is 0 Å². The first kappa shape index (κ1) is 22.8. The molecule has 0 saturated carbocycles. The molecule has 1 unspecified atom stereocenters. The number of fused-ring (bicyclic) bond motifs is 1. The quantitative estimate of drug-likeness (QED) is 0.423. The molecule has 1 saturated heterocycles. The predicted octanol–water partition coefficient (Wildman–Crippen LogP) is 5.82. The van der Waals surface area contributed by atoms with Crippen molar-refractivity contribution in [3.8, 4) is 17.1 Å². The van der Waals surface area contributed by atoms with Crippen molar-refractivity contribution in [3.05, 3.63) is 45.9 Å². The zero-order chi connectivity index (χ0) is 22.8. The summed E-state index contributed by atoms with van der Waals surface area (Å²) in [7, 11) is 3.35. The number of rotatable bonds is 8. The van der Waals surface area contributed by atoms with Crippen molar-refractivity contribution in [2.45, 2.75) is 45.1 Å². The van der Waals surface area contributed by atoms with Crippen molar-refractivity contribution in [1.29, 1.82) is 0 Å². The van der Waals surface area contributed by atoms with Crippen LogP contribution in [-0.2, 0) is 9.53 Å². The van der Waals surface area contributed by atoms with Crippen LogP contribution in [0, 0.1) is 0 Å². The van der Waals surface area contributed by atoms with Crippen LogP contribution >= 0.6 is 15.9 Å². The molecular weight excluding hydrogens is 470 g/mol. The summed E-state index contributed by atoms with van der Waals surface area (Å²) < 4.78 is 12.0. The lowest BCUT2D eigenvalue weighted by atomic mass is 10.0. The molecule has 7 heteroatoms. The number of nitrogens with zero attached hydrogens (tertiary/aromatic N) is 2. The standard InChI is InChI=1S/C25H30BrN3O3/c1-15(2)16-7-9-17(10-8-16)25-27-23-20(32-4)14-18(22(26)24(23)28-25)19(11-13-31-3)29-12-5-6-21(29)30/h7-10,14-15,19H,5-6,11-13H2,1-4H3,(H,27,28). The monoisotopic (exact) mass is 499 g/mol. The smallest absolute Gasteiger partial charge is 0.223 e. The molecule has 3 aromatic rings. The first-order valence-electron chi connectivity index (χ1n) is 11.1. The Morgan fingerprint density at radius 3 is 2.56 bits per heavy atom. The number of nitrogens with one attached hydrogen (secondary N) is 1. The summed E-state index contributed by atoms with van der Waals surface area (Å²) in [5.41, 5.74) is 4.95. The number of hydrogen-bond acceptors (Lipinski definition) is 4. The SMILES string of the molecule is COCCC(c1cc(OC)c2[nH]c(-c3ccc(C(C)C)cc3)nc2c1Br)N1CCCC1=O. The minimum atomic E-state index is -0.0944. The lowest BCUT2D eigenvalue weighted by molar-refractivity contribution is -0.130. The Hall–Kier alpha value is -2.38. The molecule has 0 radical (unpaired) electrons. The van der Waals surface area contributed by atoms with Crippen LogP contribution in [0.25, 0.3) is 22.4 Å². The molecule has 170 valence electrons. The molecule has 1 fully saturated rings. The molecule has 1 N–H and O–H groups in total. The van der Waals surface area contributed by atoms with Crippen molar-refractivity contribution in [3.63, 3.8) is 0 Å². The van der Waals surface area contributed by atoms with Gasteiger partial charge in [-0.05, 0) is 51.9 Å². The van der Waals surface area contributed by atoms with Gasteiger partial charge in [0.25, 0.3) is 0 Å². The maximum atomic E-state index is 12.6. The molecule has 1 aromatic heterocycles. The number of aromatic nitrogens is 2. The lowest BCUT2D eigenvalue weighted by Crippen LogP contribution is -2.31. The molecule has 1 amide bonds. The molecule has 6 nitrogen and oxygen atoms in total. The van der Waals surface area contributed by atoms with Crippen LogP contribution < -0.4 is 4.74 Å². The number of likely N-dealkylation sites (tertiary alicyclic amines) is 1. The van der Waals surface area contributed by atoms with Gasteiger partial charge in [0.1, 0.15) is 22.6 Å². The number of carbonyl (C=O) groups is 1. The Morgan fingerprint density at radius 2 is 1.97 bits per heavy atom. The normalized spacial score (nSPS) is 15.2. The Kier molecular flexibility index (Phi) is 6.86. The van der Waals surface area contributed by atoms with E-state index < -0.39 is 0 Å². The van der Waals surface area contributed by atoms with Crippen molar-refractivity contribution in [2.75, 3.05) is 27.4 Å². The second kappa shape index (κ2) is 9.63. The van der Waals surface area contributed by atoms with E-state index in [1.54, 1.807) is 14.2 Å². The van der Waals surface area contributed by atoms with Gasteiger partial charge in [0.15, 0.2) is 0 Å². The first-order chi connectivity index (χ1) is 15.4. The van der Waals surface area contributed by atoms with Crippen LogP contribution in [0.3, 0.4) is 0 Å². The second-order valence-electron chi connectivity index (χ2n) is 8.56. The second-order valence-corrected chi connectivity index (χ2v) is 9.35. The predicted molar refractivity (Wildman–Crippen MR) is 130 cm³/mol. The van der Waals surface area contributed by atoms with E-state index in [2.05, 4.69) is 59.0 Å². The van der Waals surface area contributed by atoms with E-state index in [4.69, 9.17) is 14.5 Å². The highest BCUT2D eigenvalue weighted by Crippen LogP contribution is 2.41. The molecule has 0 aliphatic carbocycles. The van der Waals surface area contributed by atoms with E-state index in [0.717, 1.165) is 45.4 Å². The highest BCUT2D eigenvalue weighted by atomic mass is 79.9. The van der Waals surface area contributed by atoms with E-state index >= 15 is 0 Å². The van der Waals surface area contributed by atoms with E-state index in [0.29, 0.717) is 31.1 Å². The van der Waals surface area contributed by atoms with Gasteiger partial charge in [0, 0.05) is 32.2 Å². The number of benzene rings is 2. The lowest BCUT2D eigenvalue weighted by Gasteiger charge is -2.29. The molecule has 1 aliphatic rings. The van der Waals surface area contributed by atoms with Crippen LogP contribution in [0.15, 0.2) is 34.8 Å². The molecule has 4 rings (SSSR count). The van der Waals surface area contributed by atoms with Gasteiger partial charge in [-0.1, -0.05) is 38.1 Å². The number of carbonyl (C=O) groups excluding carboxylic acids is 1. The Balaban J connectivity index is 1.80. The average molecular weight is 500 g/mol. The number of imidazole rings is 1. The van der Waals surface area contributed by atoms with Gasteiger partial charge in [-0.25, -0.2) is 4.98 Å². The van der Waals surface area contributed by atoms with Gasteiger partial charge in [-0.15, -0.1) is 0 Å². The van der Waals surface area contributed by atoms with Crippen molar-refractivity contribution in [2.24, 2.45) is 0 Å². The molecule has 0 spiro atoms. The summed E-state index contributed by atoms with van der Waals surface area (Å²) in [6.45, 7) is 5.69. The van der Waals surface area contributed by atoms with Crippen molar-refractivity contribution >= 4 is 32.9 Å². The number of aromatic amines is 1. The zero-order valence-corrected chi connectivity index (χ0v) is 20.7. The molecule has 1 aliphatic heterocycles. The van der Waals surface area contributed by atoms with Gasteiger partial charge in [0.05, 0.1) is 17.6 Å². The number of ether oxygens (including phenoxy) is 2. The van der Waals surface area contributed by atoms with E-state index in [1.807, 2.05) is 11.0 Å². The summed E-state index contributed by atoms with van der Waals surface area (Å²) in [5, 5.41) is 0. The van der Waals surface area contributed by atoms with Crippen molar-refractivity contribution in [1.82, 2.24) is 14.9 Å². The average Bonchev–Trinajstić information content (AvgIpc) is 3.43. The summed E-state index contributed by atoms with van der Waals surface area (Å²) in [5.74, 6) is 2.17. The Morgan fingerprint density at radius 1 is 1.22 bits per heavy atom. The third-order valence-corrected chi connectivity index (χ3v) is 7.04. The number of H-pyrrole nitrogens is 1. The third kappa shape index (κ3) is 4.28. The third-order valence-electron chi connectivity index (χ3n) is 6.21. The minimum absolute atomic E-state index is 0.0944. The Bertz CT molecular complexity index is 1110. The maximum absolute atomic E-state index is 12.6. The van der Waals surface area contributed by atoms with Gasteiger partial charge in [0.2, 0.25) is 5.91 Å². The molecule has 32 heavy (non-hydrogen) atoms. The fourth-order valence-electron chi connectivity index (χ4n) is 4.40. The van der Waals surface area contributed by atoms with Crippen LogP contribution in [-0.4, -0.2) is 48.1 Å². The molecule has 2 aromatic carbocycles. The van der Waals surface area contributed by atoms with Gasteiger partial charge >= 0.3 is 0 Å². The highest BCUT2D eigenvalue weighted by Gasteiger charge is 2.31. The van der Waals surface area contributed by atoms with Gasteiger partial charge < -0.3 is 19.4 Å². The molecule has 0 bridgehead atoms. The fraction of sp³-hybridized carbons (Fsp3) is 0.440. The number of methoxy groups -OCH3 is 2. The topological polar surface area (TPSA) is 67.5 Å². The Labute approximate surface area is 197 Å². The number of halogens is 1. The summed E-state index contributed by atoms with van der Waals surface area (Å²) in [6, 6.07) is 10.4. The number of amides is 1. The largest absolute Gasteiger partial charge is 0.494 e. The summed E-state index contributed by atoms with van der Waals surface area (Å²) in [6.07, 6.45) is 2.20. The summed E-state index contributed by atoms with van der Waals surface area (Å²) in [4.78, 5) is 22.9. The maximum Gasteiger partial charge on any atom is 0.223 e. The summed E-state index contributed by atoms with van der Waals surface area (Å²) >= 11 is 3.80. The van der Waals surface area contributed by atoms with Crippen LogP contribution in [0.1, 0.15) is 56.2 Å². The molecule has 2 heterocycles. The van der Waals surface area contributed by atoms with Crippen molar-refractivity contribution < 1.29 is 14.3 Å². The van der Waals surface area contributed by atoms with E-state index in [9.17, 15) is 4.79 Å².